The van der Waals surface area contributed by atoms with Gasteiger partial charge in [0.25, 0.3) is 0 Å². The highest BCUT2D eigenvalue weighted by Gasteiger charge is 2.34. The van der Waals surface area contributed by atoms with Crippen LogP contribution in [0.5, 0.6) is 0 Å². The van der Waals surface area contributed by atoms with Gasteiger partial charge in [-0.2, -0.15) is 5.10 Å². The maximum Gasteiger partial charge on any atom is 0.245 e. The number of nitrogens with one attached hydrogen (secondary N) is 1. The van der Waals surface area contributed by atoms with Crippen LogP contribution >= 0.6 is 0 Å². The molecule has 0 unspecified atom stereocenters. The van der Waals surface area contributed by atoms with Crippen molar-refractivity contribution in [2.24, 2.45) is 0 Å². The zero-order valence-electron chi connectivity index (χ0n) is 16.8. The summed E-state index contributed by atoms with van der Waals surface area (Å²) < 4.78 is 15.6. The third-order valence-corrected chi connectivity index (χ3v) is 5.30. The molecule has 0 radical (unpaired) electrons. The summed E-state index contributed by atoms with van der Waals surface area (Å²) in [5.74, 6) is -0.945. The van der Waals surface area contributed by atoms with E-state index in [-0.39, 0.29) is 37.5 Å². The van der Waals surface area contributed by atoms with Crippen LogP contribution in [-0.2, 0) is 22.7 Å². The molecule has 1 aliphatic carbocycles. The molecule has 1 aromatic heterocycles. The maximum absolute atomic E-state index is 13.9. The highest BCUT2D eigenvalue weighted by molar-refractivity contribution is 5.87. The quantitative estimate of drug-likeness (QED) is 0.586. The third kappa shape index (κ3) is 4.27. The van der Waals surface area contributed by atoms with Crippen molar-refractivity contribution in [3.8, 4) is 0 Å². The Morgan fingerprint density at radius 1 is 1.27 bits per heavy atom. The predicted molar refractivity (Wildman–Crippen MR) is 112 cm³/mol. The molecule has 2 aromatic carbocycles. The van der Waals surface area contributed by atoms with Gasteiger partial charge in [0.2, 0.25) is 11.8 Å². The average Bonchev–Trinajstić information content (AvgIpc) is 3.51. The number of nitrogens with two attached hydrogens (primary N) is 1. The molecule has 3 aromatic rings. The molecule has 2 amide bonds. The van der Waals surface area contributed by atoms with Crippen molar-refractivity contribution in [2.75, 3.05) is 12.3 Å². The van der Waals surface area contributed by atoms with Crippen LogP contribution in [0.25, 0.3) is 10.9 Å². The van der Waals surface area contributed by atoms with Crippen LogP contribution < -0.4 is 11.1 Å². The fraction of sp³-hybridized carbons (Fsp3) is 0.318. The number of anilines is 1. The molecule has 0 bridgehead atoms. The smallest absolute Gasteiger partial charge is 0.245 e. The minimum absolute atomic E-state index is 0.0423. The van der Waals surface area contributed by atoms with Gasteiger partial charge in [-0.3, -0.25) is 14.3 Å². The number of carbonyl (C=O) groups is 2. The minimum Gasteiger partial charge on any atom is -0.399 e. The van der Waals surface area contributed by atoms with E-state index in [2.05, 4.69) is 10.4 Å². The van der Waals surface area contributed by atoms with Crippen molar-refractivity contribution in [1.29, 1.82) is 0 Å². The number of aromatic nitrogens is 2. The Labute approximate surface area is 173 Å². The van der Waals surface area contributed by atoms with Gasteiger partial charge in [0.05, 0.1) is 17.8 Å². The molecule has 156 valence electrons. The van der Waals surface area contributed by atoms with Crippen molar-refractivity contribution < 1.29 is 14.0 Å². The van der Waals surface area contributed by atoms with Crippen molar-refractivity contribution in [3.05, 3.63) is 59.5 Å². The number of rotatable bonds is 7. The molecular weight excluding hydrogens is 385 g/mol. The minimum atomic E-state index is -0.466. The molecule has 0 aliphatic heterocycles. The van der Waals surface area contributed by atoms with Crippen LogP contribution in [0.1, 0.15) is 24.1 Å². The lowest BCUT2D eigenvalue weighted by molar-refractivity contribution is -0.137. The number of nitrogens with zero attached hydrogens (tertiary/aromatic N) is 3. The molecule has 4 rings (SSSR count). The summed E-state index contributed by atoms with van der Waals surface area (Å²) in [6, 6.07) is 12.2. The predicted octanol–water partition coefficient (Wildman–Crippen LogP) is 2.37. The van der Waals surface area contributed by atoms with E-state index in [1.165, 1.54) is 6.07 Å². The van der Waals surface area contributed by atoms with Crippen LogP contribution in [0.2, 0.25) is 0 Å². The number of para-hydroxylation sites is 1. The van der Waals surface area contributed by atoms with E-state index < -0.39 is 5.82 Å². The molecule has 1 saturated carbocycles. The second-order valence-electron chi connectivity index (χ2n) is 7.64. The van der Waals surface area contributed by atoms with Gasteiger partial charge in [-0.1, -0.05) is 24.3 Å². The van der Waals surface area contributed by atoms with Gasteiger partial charge in [0, 0.05) is 29.2 Å². The highest BCUT2D eigenvalue weighted by atomic mass is 19.1. The van der Waals surface area contributed by atoms with E-state index in [9.17, 15) is 14.0 Å². The number of hydrogen-bond acceptors (Lipinski definition) is 4. The summed E-state index contributed by atoms with van der Waals surface area (Å²) in [6.07, 6.45) is 1.76. The molecule has 8 heteroatoms. The van der Waals surface area contributed by atoms with Crippen molar-refractivity contribution in [1.82, 2.24) is 20.0 Å². The van der Waals surface area contributed by atoms with Crippen molar-refractivity contribution in [3.63, 3.8) is 0 Å². The summed E-state index contributed by atoms with van der Waals surface area (Å²) >= 11 is 0. The molecule has 1 heterocycles. The van der Waals surface area contributed by atoms with Crippen molar-refractivity contribution in [2.45, 2.75) is 38.9 Å². The topological polar surface area (TPSA) is 93.2 Å². The van der Waals surface area contributed by atoms with Crippen LogP contribution in [0.15, 0.2) is 42.5 Å². The molecule has 0 spiro atoms. The summed E-state index contributed by atoms with van der Waals surface area (Å²) in [5.41, 5.74) is 7.97. The van der Waals surface area contributed by atoms with Gasteiger partial charge in [-0.15, -0.1) is 0 Å². The molecule has 0 saturated heterocycles. The van der Waals surface area contributed by atoms with Gasteiger partial charge in [-0.25, -0.2) is 4.39 Å². The van der Waals surface area contributed by atoms with Crippen LogP contribution in [-0.4, -0.2) is 39.1 Å². The molecule has 30 heavy (non-hydrogen) atoms. The number of carbonyl (C=O) groups excluding carboxylic acids is 2. The second kappa shape index (κ2) is 8.14. The van der Waals surface area contributed by atoms with E-state index in [1.54, 1.807) is 21.7 Å². The Morgan fingerprint density at radius 3 is 2.77 bits per heavy atom. The SMILES string of the molecule is Cc1nn(CC(=O)N(CC(=O)NCc2ccc(N)cc2F)C2CC2)c2ccccc12. The highest BCUT2D eigenvalue weighted by Crippen LogP contribution is 2.27. The van der Waals surface area contributed by atoms with E-state index in [0.717, 1.165) is 29.4 Å². The van der Waals surface area contributed by atoms with Gasteiger partial charge in [0.1, 0.15) is 12.4 Å². The summed E-state index contributed by atoms with van der Waals surface area (Å²) in [5, 5.41) is 8.18. The lowest BCUT2D eigenvalue weighted by atomic mass is 10.2. The monoisotopic (exact) mass is 409 g/mol. The molecule has 7 nitrogen and oxygen atoms in total. The Kier molecular flexibility index (Phi) is 5.39. The molecule has 3 N–H and O–H groups in total. The standard InChI is InChI=1S/C22H24FN5O2/c1-14-18-4-2-3-5-20(18)28(26-14)13-22(30)27(17-8-9-17)12-21(29)25-11-15-6-7-16(24)10-19(15)23/h2-7,10,17H,8-9,11-13,24H2,1H3,(H,25,29). The first-order chi connectivity index (χ1) is 14.4. The maximum atomic E-state index is 13.9. The number of fused-ring (bicyclic) bond motifs is 1. The third-order valence-electron chi connectivity index (χ3n) is 5.30. The Balaban J connectivity index is 1.40. The number of nitrogen functional groups attached to an aromatic ring is 1. The van der Waals surface area contributed by atoms with Gasteiger partial charge < -0.3 is 16.0 Å². The number of halogens is 1. The van der Waals surface area contributed by atoms with E-state index >= 15 is 0 Å². The number of amides is 2. The molecule has 1 aliphatic rings. The number of hydrogen-bond donors (Lipinski definition) is 2. The average molecular weight is 409 g/mol. The van der Waals surface area contributed by atoms with E-state index in [1.807, 2.05) is 31.2 Å². The summed E-state index contributed by atoms with van der Waals surface area (Å²) in [4.78, 5) is 27.0. The first-order valence-corrected chi connectivity index (χ1v) is 9.94. The second-order valence-corrected chi connectivity index (χ2v) is 7.64. The Hall–Kier alpha value is -3.42. The van der Waals surface area contributed by atoms with Crippen LogP contribution in [0, 0.1) is 12.7 Å². The Morgan fingerprint density at radius 2 is 2.03 bits per heavy atom. The lowest BCUT2D eigenvalue weighted by Gasteiger charge is -2.22. The zero-order chi connectivity index (χ0) is 21.3. The van der Waals surface area contributed by atoms with E-state index in [0.29, 0.717) is 11.3 Å². The molecule has 0 atom stereocenters. The van der Waals surface area contributed by atoms with Crippen LogP contribution in [0.4, 0.5) is 10.1 Å². The fourth-order valence-corrected chi connectivity index (χ4v) is 3.55. The first-order valence-electron chi connectivity index (χ1n) is 9.94. The summed E-state index contributed by atoms with van der Waals surface area (Å²) in [6.45, 7) is 1.97. The molecular formula is C22H24FN5O2. The van der Waals surface area contributed by atoms with E-state index in [4.69, 9.17) is 5.73 Å². The van der Waals surface area contributed by atoms with Crippen LogP contribution in [0.3, 0.4) is 0 Å². The first kappa shape index (κ1) is 19.9. The van der Waals surface area contributed by atoms with Crippen molar-refractivity contribution >= 4 is 28.4 Å². The van der Waals surface area contributed by atoms with Gasteiger partial charge in [-0.05, 0) is 38.0 Å². The zero-order valence-corrected chi connectivity index (χ0v) is 16.8. The lowest BCUT2D eigenvalue weighted by Crippen LogP contribution is -2.43. The normalized spacial score (nSPS) is 13.4. The largest absolute Gasteiger partial charge is 0.399 e. The number of aryl methyl sites for hydroxylation is 1. The molecule has 1 fully saturated rings. The van der Waals surface area contributed by atoms with Gasteiger partial charge >= 0.3 is 0 Å². The van der Waals surface area contributed by atoms with Gasteiger partial charge in [0.15, 0.2) is 0 Å². The fourth-order valence-electron chi connectivity index (χ4n) is 3.55. The number of benzene rings is 2. The Bertz CT molecular complexity index is 1110. The summed E-state index contributed by atoms with van der Waals surface area (Å²) in [7, 11) is 0.